The maximum absolute atomic E-state index is 11.0. The quantitative estimate of drug-likeness (QED) is 0.848. The van der Waals surface area contributed by atoms with Crippen LogP contribution in [0, 0.1) is 6.92 Å². The highest BCUT2D eigenvalue weighted by Gasteiger charge is 2.13. The number of hydrogen-bond acceptors (Lipinski definition) is 2. The summed E-state index contributed by atoms with van der Waals surface area (Å²) in [4.78, 5) is 14.3. The summed E-state index contributed by atoms with van der Waals surface area (Å²) < 4.78 is 0. The third-order valence-corrected chi connectivity index (χ3v) is 3.16. The number of hydrogen-bond donors (Lipinski definition) is 2. The molecular formula is C14H17NO2. The standard InChI is InChI=1S/C14H17NO2/c1-9-11(7-8-14(17)10(2)16)12-5-3-4-6-13(12)15-9/h3-6,14-15,17H,7-8H2,1-2H3. The van der Waals surface area contributed by atoms with E-state index in [1.54, 1.807) is 0 Å². The highest BCUT2D eigenvalue weighted by atomic mass is 16.3. The predicted molar refractivity (Wildman–Crippen MR) is 68.0 cm³/mol. The molecule has 1 unspecified atom stereocenters. The topological polar surface area (TPSA) is 53.1 Å². The number of benzene rings is 1. The molecule has 0 saturated carbocycles. The Morgan fingerprint density at radius 3 is 2.82 bits per heavy atom. The van der Waals surface area contributed by atoms with E-state index in [0.717, 1.165) is 17.6 Å². The van der Waals surface area contributed by atoms with Crippen LogP contribution in [0.5, 0.6) is 0 Å². The number of aliphatic hydroxyl groups is 1. The van der Waals surface area contributed by atoms with Crippen molar-refractivity contribution in [1.29, 1.82) is 0 Å². The number of aliphatic hydroxyl groups excluding tert-OH is 1. The van der Waals surface area contributed by atoms with Crippen LogP contribution in [0.3, 0.4) is 0 Å². The summed E-state index contributed by atoms with van der Waals surface area (Å²) >= 11 is 0. The number of aromatic nitrogens is 1. The molecule has 90 valence electrons. The first kappa shape index (κ1) is 11.9. The maximum Gasteiger partial charge on any atom is 0.158 e. The fraction of sp³-hybridized carbons (Fsp3) is 0.357. The second-order valence-corrected chi connectivity index (χ2v) is 4.44. The minimum Gasteiger partial charge on any atom is -0.385 e. The molecule has 0 aliphatic heterocycles. The number of rotatable bonds is 4. The molecule has 0 fully saturated rings. The lowest BCUT2D eigenvalue weighted by Crippen LogP contribution is -2.17. The summed E-state index contributed by atoms with van der Waals surface area (Å²) in [5, 5.41) is 10.7. The molecule has 3 heteroatoms. The molecule has 1 heterocycles. The van der Waals surface area contributed by atoms with Gasteiger partial charge in [-0.3, -0.25) is 4.79 Å². The van der Waals surface area contributed by atoms with Gasteiger partial charge in [0.15, 0.2) is 5.78 Å². The second-order valence-electron chi connectivity index (χ2n) is 4.44. The van der Waals surface area contributed by atoms with Crippen LogP contribution in [0.15, 0.2) is 24.3 Å². The van der Waals surface area contributed by atoms with Crippen LogP contribution in [0.1, 0.15) is 24.6 Å². The van der Waals surface area contributed by atoms with Gasteiger partial charge in [-0.05, 0) is 38.3 Å². The number of carbonyl (C=O) groups excluding carboxylic acids is 1. The largest absolute Gasteiger partial charge is 0.385 e. The van der Waals surface area contributed by atoms with Crippen molar-refractivity contribution in [2.45, 2.75) is 32.8 Å². The average Bonchev–Trinajstić information content (AvgIpc) is 2.61. The van der Waals surface area contributed by atoms with Gasteiger partial charge in [0.1, 0.15) is 6.10 Å². The fourth-order valence-corrected chi connectivity index (χ4v) is 2.14. The van der Waals surface area contributed by atoms with Gasteiger partial charge in [0.25, 0.3) is 0 Å². The Hall–Kier alpha value is -1.61. The van der Waals surface area contributed by atoms with E-state index in [1.807, 2.05) is 25.1 Å². The van der Waals surface area contributed by atoms with Crippen LogP contribution < -0.4 is 0 Å². The van der Waals surface area contributed by atoms with Crippen molar-refractivity contribution in [3.63, 3.8) is 0 Å². The minimum atomic E-state index is -0.844. The van der Waals surface area contributed by atoms with Crippen molar-refractivity contribution in [3.05, 3.63) is 35.5 Å². The van der Waals surface area contributed by atoms with Crippen LogP contribution in [0.2, 0.25) is 0 Å². The number of H-pyrrole nitrogens is 1. The summed E-state index contributed by atoms with van der Waals surface area (Å²) in [7, 11) is 0. The zero-order valence-corrected chi connectivity index (χ0v) is 10.2. The molecule has 0 aliphatic carbocycles. The summed E-state index contributed by atoms with van der Waals surface area (Å²) in [5.74, 6) is -0.164. The van der Waals surface area contributed by atoms with Crippen molar-refractivity contribution in [2.75, 3.05) is 0 Å². The lowest BCUT2D eigenvalue weighted by Gasteiger charge is -2.06. The van der Waals surface area contributed by atoms with Crippen molar-refractivity contribution >= 4 is 16.7 Å². The zero-order valence-electron chi connectivity index (χ0n) is 10.2. The monoisotopic (exact) mass is 231 g/mol. The van der Waals surface area contributed by atoms with E-state index in [9.17, 15) is 9.90 Å². The molecule has 17 heavy (non-hydrogen) atoms. The van der Waals surface area contributed by atoms with Gasteiger partial charge in [-0.15, -0.1) is 0 Å². The van der Waals surface area contributed by atoms with Crippen molar-refractivity contribution < 1.29 is 9.90 Å². The zero-order chi connectivity index (χ0) is 12.4. The predicted octanol–water partition coefficient (Wildman–Crippen LogP) is 2.36. The summed E-state index contributed by atoms with van der Waals surface area (Å²) in [6, 6.07) is 8.09. The second kappa shape index (κ2) is 4.72. The van der Waals surface area contributed by atoms with Gasteiger partial charge in [-0.2, -0.15) is 0 Å². The van der Waals surface area contributed by atoms with Gasteiger partial charge in [-0.1, -0.05) is 18.2 Å². The maximum atomic E-state index is 11.0. The van der Waals surface area contributed by atoms with E-state index in [4.69, 9.17) is 0 Å². The van der Waals surface area contributed by atoms with Gasteiger partial charge < -0.3 is 10.1 Å². The number of carbonyl (C=O) groups is 1. The van der Waals surface area contributed by atoms with E-state index in [2.05, 4.69) is 11.1 Å². The molecule has 1 aromatic carbocycles. The Morgan fingerprint density at radius 2 is 2.12 bits per heavy atom. The number of nitrogens with one attached hydrogen (secondary N) is 1. The Bertz CT molecular complexity index is 542. The summed E-state index contributed by atoms with van der Waals surface area (Å²) in [6.45, 7) is 3.45. The summed E-state index contributed by atoms with van der Waals surface area (Å²) in [5.41, 5.74) is 3.42. The molecule has 2 rings (SSSR count). The molecule has 2 aromatic rings. The van der Waals surface area contributed by atoms with E-state index < -0.39 is 6.10 Å². The van der Waals surface area contributed by atoms with Crippen LogP contribution in [0.25, 0.3) is 10.9 Å². The van der Waals surface area contributed by atoms with E-state index >= 15 is 0 Å². The fourth-order valence-electron chi connectivity index (χ4n) is 2.14. The molecule has 0 radical (unpaired) electrons. The number of Topliss-reactive ketones (excluding diaryl/α,β-unsaturated/α-hetero) is 1. The normalized spacial score (nSPS) is 12.9. The molecule has 3 nitrogen and oxygen atoms in total. The molecular weight excluding hydrogens is 214 g/mol. The van der Waals surface area contributed by atoms with Crippen molar-refractivity contribution in [2.24, 2.45) is 0 Å². The van der Waals surface area contributed by atoms with Crippen molar-refractivity contribution in [3.8, 4) is 0 Å². The van der Waals surface area contributed by atoms with Gasteiger partial charge in [0.05, 0.1) is 0 Å². The van der Waals surface area contributed by atoms with Crippen molar-refractivity contribution in [1.82, 2.24) is 4.98 Å². The van der Waals surface area contributed by atoms with E-state index in [1.165, 1.54) is 17.9 Å². The van der Waals surface area contributed by atoms with Crippen LogP contribution in [-0.4, -0.2) is 22.0 Å². The first-order valence-electron chi connectivity index (χ1n) is 5.84. The minimum absolute atomic E-state index is 0.164. The van der Waals surface area contributed by atoms with Gasteiger partial charge in [0, 0.05) is 16.6 Å². The Labute approximate surface area is 100 Å². The van der Waals surface area contributed by atoms with Crippen LogP contribution >= 0.6 is 0 Å². The Kier molecular flexibility index (Phi) is 3.29. The Morgan fingerprint density at radius 1 is 1.41 bits per heavy atom. The molecule has 2 N–H and O–H groups in total. The molecule has 1 atom stereocenters. The third-order valence-electron chi connectivity index (χ3n) is 3.16. The molecule has 0 amide bonds. The van der Waals surface area contributed by atoms with Gasteiger partial charge in [0.2, 0.25) is 0 Å². The lowest BCUT2D eigenvalue weighted by molar-refractivity contribution is -0.125. The van der Waals surface area contributed by atoms with E-state index in [-0.39, 0.29) is 5.78 Å². The summed E-state index contributed by atoms with van der Waals surface area (Å²) in [6.07, 6.45) is 0.359. The SMILES string of the molecule is CC(=O)C(O)CCc1c(C)[nH]c2ccccc12. The number of aromatic amines is 1. The third kappa shape index (κ3) is 2.39. The average molecular weight is 231 g/mol. The highest BCUT2D eigenvalue weighted by Crippen LogP contribution is 2.23. The molecule has 0 bridgehead atoms. The highest BCUT2D eigenvalue weighted by molar-refractivity contribution is 5.85. The number of ketones is 1. The molecule has 0 spiro atoms. The van der Waals surface area contributed by atoms with Gasteiger partial charge in [-0.25, -0.2) is 0 Å². The number of fused-ring (bicyclic) bond motifs is 1. The van der Waals surface area contributed by atoms with Crippen LogP contribution in [-0.2, 0) is 11.2 Å². The smallest absolute Gasteiger partial charge is 0.158 e. The van der Waals surface area contributed by atoms with Gasteiger partial charge >= 0.3 is 0 Å². The first-order chi connectivity index (χ1) is 8.09. The number of aryl methyl sites for hydroxylation is 2. The molecule has 0 aliphatic rings. The number of para-hydroxylation sites is 1. The van der Waals surface area contributed by atoms with Crippen LogP contribution in [0.4, 0.5) is 0 Å². The Balaban J connectivity index is 2.23. The molecule has 0 saturated heterocycles. The first-order valence-corrected chi connectivity index (χ1v) is 5.84. The molecule has 1 aromatic heterocycles. The van der Waals surface area contributed by atoms with E-state index in [0.29, 0.717) is 6.42 Å². The lowest BCUT2D eigenvalue weighted by atomic mass is 10.0.